The van der Waals surface area contributed by atoms with Crippen LogP contribution in [0.2, 0.25) is 0 Å². The van der Waals surface area contributed by atoms with Crippen LogP contribution in [0.4, 0.5) is 0 Å². The third-order valence-corrected chi connectivity index (χ3v) is 3.49. The van der Waals surface area contributed by atoms with Gasteiger partial charge in [0.15, 0.2) is 0 Å². The maximum atomic E-state index is 12.8. The maximum absolute atomic E-state index is 12.8. The molecule has 0 atom stereocenters. The number of nitrogens with zero attached hydrogens (tertiary/aromatic N) is 3. The number of hydrogen-bond acceptors (Lipinski definition) is 3. The molecule has 0 spiro atoms. The van der Waals surface area contributed by atoms with Crippen molar-refractivity contribution in [3.8, 4) is 0 Å². The van der Waals surface area contributed by atoms with E-state index >= 15 is 0 Å². The fourth-order valence-corrected chi connectivity index (χ4v) is 2.55. The van der Waals surface area contributed by atoms with Crippen LogP contribution in [-0.2, 0) is 0 Å². The van der Waals surface area contributed by atoms with Gasteiger partial charge >= 0.3 is 0 Å². The number of aryl methyl sites for hydroxylation is 2. The van der Waals surface area contributed by atoms with E-state index in [9.17, 15) is 4.79 Å². The molecule has 1 aromatic heterocycles. The van der Waals surface area contributed by atoms with Crippen molar-refractivity contribution in [2.75, 3.05) is 13.1 Å². The molecule has 0 aliphatic rings. The zero-order chi connectivity index (χ0) is 17.5. The van der Waals surface area contributed by atoms with Gasteiger partial charge in [-0.25, -0.2) is 9.97 Å². The third-order valence-electron chi connectivity index (χ3n) is 3.49. The zero-order valence-electron chi connectivity index (χ0n) is 14.9. The van der Waals surface area contributed by atoms with Crippen LogP contribution in [0.5, 0.6) is 0 Å². The second kappa shape index (κ2) is 8.39. The van der Waals surface area contributed by atoms with Crippen molar-refractivity contribution in [2.24, 2.45) is 5.92 Å². The largest absolute Gasteiger partial charge is 0.333 e. The number of carbonyl (C=O) groups is 1. The van der Waals surface area contributed by atoms with Crippen molar-refractivity contribution in [1.29, 1.82) is 0 Å². The predicted molar refractivity (Wildman–Crippen MR) is 97.7 cm³/mol. The number of benzene rings is 1. The van der Waals surface area contributed by atoms with Gasteiger partial charge in [0.1, 0.15) is 11.5 Å². The van der Waals surface area contributed by atoms with E-state index < -0.39 is 0 Å². The fourth-order valence-electron chi connectivity index (χ4n) is 2.55. The highest BCUT2D eigenvalue weighted by Crippen LogP contribution is 2.09. The quantitative estimate of drug-likeness (QED) is 0.810. The summed E-state index contributed by atoms with van der Waals surface area (Å²) in [4.78, 5) is 23.2. The van der Waals surface area contributed by atoms with Gasteiger partial charge in [0.25, 0.3) is 5.91 Å². The lowest BCUT2D eigenvalue weighted by Crippen LogP contribution is -2.35. The van der Waals surface area contributed by atoms with E-state index in [0.29, 0.717) is 30.5 Å². The van der Waals surface area contributed by atoms with Crippen molar-refractivity contribution in [3.63, 3.8) is 0 Å². The first-order chi connectivity index (χ1) is 11.5. The first-order valence-corrected chi connectivity index (χ1v) is 8.29. The van der Waals surface area contributed by atoms with Gasteiger partial charge in [-0.2, -0.15) is 0 Å². The molecule has 1 amide bonds. The van der Waals surface area contributed by atoms with Gasteiger partial charge in [0.05, 0.1) is 0 Å². The normalized spacial score (nSPS) is 11.2. The van der Waals surface area contributed by atoms with E-state index in [4.69, 9.17) is 0 Å². The molecule has 0 radical (unpaired) electrons. The minimum absolute atomic E-state index is 0.0463. The molecule has 1 aromatic carbocycles. The summed E-state index contributed by atoms with van der Waals surface area (Å²) in [5, 5.41) is 0. The predicted octanol–water partition coefficient (Wildman–Crippen LogP) is 3.91. The number of hydrogen-bond donors (Lipinski definition) is 0. The fraction of sp³-hybridized carbons (Fsp3) is 0.350. The Hall–Kier alpha value is -2.49. The number of carbonyl (C=O) groups excluding carboxylic acids is 1. The van der Waals surface area contributed by atoms with Crippen LogP contribution in [0, 0.1) is 19.8 Å². The Bertz CT molecular complexity index is 688. The van der Waals surface area contributed by atoms with Gasteiger partial charge in [-0.05, 0) is 31.4 Å². The summed E-state index contributed by atoms with van der Waals surface area (Å²) in [6, 6.07) is 11.8. The van der Waals surface area contributed by atoms with E-state index in [1.54, 1.807) is 6.07 Å². The second-order valence-corrected chi connectivity index (χ2v) is 6.36. The van der Waals surface area contributed by atoms with Crippen LogP contribution >= 0.6 is 0 Å². The van der Waals surface area contributed by atoms with E-state index in [2.05, 4.69) is 23.8 Å². The van der Waals surface area contributed by atoms with Gasteiger partial charge in [-0.15, -0.1) is 0 Å². The Morgan fingerprint density at radius 3 is 2.50 bits per heavy atom. The van der Waals surface area contributed by atoms with Gasteiger partial charge in [0.2, 0.25) is 0 Å². The molecule has 0 bridgehead atoms. The Balaban J connectivity index is 2.15. The van der Waals surface area contributed by atoms with E-state index in [-0.39, 0.29) is 5.91 Å². The van der Waals surface area contributed by atoms with Gasteiger partial charge < -0.3 is 4.90 Å². The Morgan fingerprint density at radius 2 is 1.88 bits per heavy atom. The zero-order valence-corrected chi connectivity index (χ0v) is 14.9. The molecule has 0 aliphatic carbocycles. The average molecular weight is 323 g/mol. The van der Waals surface area contributed by atoms with Crippen molar-refractivity contribution >= 4 is 12.0 Å². The number of amides is 1. The standard InChI is InChI=1S/C20H25N3O/c1-15(2)14-23(12-8-11-18-9-6-5-7-10-18)20(24)19-13-16(3)21-17(4)22-19/h5-11,13,15H,12,14H2,1-4H3/b11-8+. The molecule has 0 saturated carbocycles. The van der Waals surface area contributed by atoms with Crippen LogP contribution < -0.4 is 0 Å². The number of rotatable bonds is 6. The summed E-state index contributed by atoms with van der Waals surface area (Å²) in [6.07, 6.45) is 4.06. The van der Waals surface area contributed by atoms with Crippen molar-refractivity contribution in [2.45, 2.75) is 27.7 Å². The smallest absolute Gasteiger partial charge is 0.272 e. The van der Waals surface area contributed by atoms with Crippen molar-refractivity contribution in [1.82, 2.24) is 14.9 Å². The monoisotopic (exact) mass is 323 g/mol. The molecule has 24 heavy (non-hydrogen) atoms. The average Bonchev–Trinajstić information content (AvgIpc) is 2.53. The van der Waals surface area contributed by atoms with E-state index in [0.717, 1.165) is 11.3 Å². The van der Waals surface area contributed by atoms with Gasteiger partial charge in [-0.3, -0.25) is 4.79 Å². The van der Waals surface area contributed by atoms with Crippen LogP contribution in [-0.4, -0.2) is 33.9 Å². The maximum Gasteiger partial charge on any atom is 0.272 e. The first-order valence-electron chi connectivity index (χ1n) is 8.29. The van der Waals surface area contributed by atoms with Crippen molar-refractivity contribution < 1.29 is 4.79 Å². The van der Waals surface area contributed by atoms with Crippen LogP contribution in [0.3, 0.4) is 0 Å². The van der Waals surface area contributed by atoms with Crippen LogP contribution in [0.1, 0.15) is 41.4 Å². The van der Waals surface area contributed by atoms with E-state index in [1.165, 1.54) is 0 Å². The summed E-state index contributed by atoms with van der Waals surface area (Å²) in [5.74, 6) is 0.973. The Morgan fingerprint density at radius 1 is 1.17 bits per heavy atom. The minimum atomic E-state index is -0.0463. The molecule has 1 heterocycles. The summed E-state index contributed by atoms with van der Waals surface area (Å²) in [7, 11) is 0. The molecule has 0 unspecified atom stereocenters. The summed E-state index contributed by atoms with van der Waals surface area (Å²) in [6.45, 7) is 9.17. The molecule has 0 aliphatic heterocycles. The molecule has 2 aromatic rings. The van der Waals surface area contributed by atoms with Gasteiger partial charge in [0, 0.05) is 18.8 Å². The Kier molecular flexibility index (Phi) is 6.24. The highest BCUT2D eigenvalue weighted by Gasteiger charge is 2.18. The SMILES string of the molecule is Cc1cc(C(=O)N(C/C=C/c2ccccc2)CC(C)C)nc(C)n1. The molecule has 4 nitrogen and oxygen atoms in total. The van der Waals surface area contributed by atoms with Gasteiger partial charge in [-0.1, -0.05) is 56.3 Å². The lowest BCUT2D eigenvalue weighted by molar-refractivity contribution is 0.0750. The molecule has 0 fully saturated rings. The molecule has 4 heteroatoms. The number of aromatic nitrogens is 2. The van der Waals surface area contributed by atoms with Crippen LogP contribution in [0.25, 0.3) is 6.08 Å². The highest BCUT2D eigenvalue weighted by molar-refractivity contribution is 5.92. The molecule has 0 N–H and O–H groups in total. The molecule has 2 rings (SSSR count). The second-order valence-electron chi connectivity index (χ2n) is 6.36. The van der Waals surface area contributed by atoms with Crippen LogP contribution in [0.15, 0.2) is 42.5 Å². The molecular formula is C20H25N3O. The summed E-state index contributed by atoms with van der Waals surface area (Å²) >= 11 is 0. The summed E-state index contributed by atoms with van der Waals surface area (Å²) in [5.41, 5.74) is 2.41. The minimum Gasteiger partial charge on any atom is -0.333 e. The lowest BCUT2D eigenvalue weighted by atomic mass is 10.1. The van der Waals surface area contributed by atoms with Crippen molar-refractivity contribution in [3.05, 3.63) is 65.2 Å². The van der Waals surface area contributed by atoms with E-state index in [1.807, 2.05) is 61.2 Å². The third kappa shape index (κ3) is 5.30. The first kappa shape index (κ1) is 17.9. The molecule has 0 saturated heterocycles. The highest BCUT2D eigenvalue weighted by atomic mass is 16.2. The lowest BCUT2D eigenvalue weighted by Gasteiger charge is -2.23. The topological polar surface area (TPSA) is 46.1 Å². The molecular weight excluding hydrogens is 298 g/mol. The Labute approximate surface area is 144 Å². The molecule has 126 valence electrons. The summed E-state index contributed by atoms with van der Waals surface area (Å²) < 4.78 is 0.